The van der Waals surface area contributed by atoms with Crippen LogP contribution >= 0.6 is 0 Å². The van der Waals surface area contributed by atoms with Gasteiger partial charge in [-0.15, -0.1) is 0 Å². The van der Waals surface area contributed by atoms with Gasteiger partial charge < -0.3 is 15.1 Å². The summed E-state index contributed by atoms with van der Waals surface area (Å²) in [6, 6.07) is 9.28. The second-order valence-corrected chi connectivity index (χ2v) is 4.34. The highest BCUT2D eigenvalue weighted by Crippen LogP contribution is 2.14. The molecule has 2 rings (SSSR count). The first-order chi connectivity index (χ1) is 8.58. The zero-order valence-electron chi connectivity index (χ0n) is 10.5. The second-order valence-electron chi connectivity index (χ2n) is 4.34. The van der Waals surface area contributed by atoms with Crippen molar-refractivity contribution in [3.05, 3.63) is 53.5 Å². The molecule has 0 aliphatic carbocycles. The molecule has 0 aliphatic heterocycles. The first kappa shape index (κ1) is 12.2. The number of benzene rings is 1. The lowest BCUT2D eigenvalue weighted by Crippen LogP contribution is -2.26. The van der Waals surface area contributed by atoms with E-state index in [4.69, 9.17) is 10.2 Å². The van der Waals surface area contributed by atoms with Gasteiger partial charge in [-0.1, -0.05) is 12.1 Å². The highest BCUT2D eigenvalue weighted by atomic mass is 16.3. The van der Waals surface area contributed by atoms with Crippen LogP contribution in [0.15, 0.2) is 41.0 Å². The standard InChI is InChI=1S/C14H16N2O2/c1-10-6-7-18-13(10)14(17)16(2)9-11-4-3-5-12(15)8-11/h3-8H,9,15H2,1-2H3. The van der Waals surface area contributed by atoms with Gasteiger partial charge >= 0.3 is 0 Å². The molecule has 2 aromatic rings. The highest BCUT2D eigenvalue weighted by Gasteiger charge is 2.17. The molecule has 0 bridgehead atoms. The summed E-state index contributed by atoms with van der Waals surface area (Å²) >= 11 is 0. The molecule has 0 aliphatic rings. The predicted molar refractivity (Wildman–Crippen MR) is 70.1 cm³/mol. The van der Waals surface area contributed by atoms with Crippen LogP contribution in [0, 0.1) is 6.92 Å². The van der Waals surface area contributed by atoms with Gasteiger partial charge in [0.15, 0.2) is 5.76 Å². The molecule has 2 N–H and O–H groups in total. The Kier molecular flexibility index (Phi) is 3.37. The molecule has 94 valence electrons. The molecule has 0 radical (unpaired) electrons. The topological polar surface area (TPSA) is 59.5 Å². The van der Waals surface area contributed by atoms with Crippen molar-refractivity contribution in [3.8, 4) is 0 Å². The van der Waals surface area contributed by atoms with Gasteiger partial charge in [-0.25, -0.2) is 0 Å². The van der Waals surface area contributed by atoms with Crippen LogP contribution in [0.1, 0.15) is 21.7 Å². The Bertz CT molecular complexity index is 560. The molecule has 0 saturated heterocycles. The van der Waals surface area contributed by atoms with Gasteiger partial charge in [0, 0.05) is 24.8 Å². The number of hydrogen-bond donors (Lipinski definition) is 1. The lowest BCUT2D eigenvalue weighted by atomic mass is 10.2. The monoisotopic (exact) mass is 244 g/mol. The molecule has 1 aromatic carbocycles. The van der Waals surface area contributed by atoms with E-state index < -0.39 is 0 Å². The zero-order chi connectivity index (χ0) is 13.1. The molecule has 1 aromatic heterocycles. The predicted octanol–water partition coefficient (Wildman–Crippen LogP) is 2.44. The maximum Gasteiger partial charge on any atom is 0.289 e. The number of nitrogens with two attached hydrogens (primary N) is 1. The number of nitrogen functional groups attached to an aromatic ring is 1. The fraction of sp³-hybridized carbons (Fsp3) is 0.214. The summed E-state index contributed by atoms with van der Waals surface area (Å²) in [5.41, 5.74) is 8.25. The van der Waals surface area contributed by atoms with Crippen molar-refractivity contribution >= 4 is 11.6 Å². The third-order valence-corrected chi connectivity index (χ3v) is 2.77. The van der Waals surface area contributed by atoms with Gasteiger partial charge in [-0.3, -0.25) is 4.79 Å². The Morgan fingerprint density at radius 1 is 1.39 bits per heavy atom. The van der Waals surface area contributed by atoms with Crippen molar-refractivity contribution in [2.75, 3.05) is 12.8 Å². The summed E-state index contributed by atoms with van der Waals surface area (Å²) in [5.74, 6) is 0.265. The fourth-order valence-electron chi connectivity index (χ4n) is 1.80. The lowest BCUT2D eigenvalue weighted by molar-refractivity contribution is 0.0752. The van der Waals surface area contributed by atoms with E-state index in [-0.39, 0.29) is 5.91 Å². The number of rotatable bonds is 3. The number of aryl methyl sites for hydroxylation is 1. The van der Waals surface area contributed by atoms with E-state index in [2.05, 4.69) is 0 Å². The molecule has 0 saturated carbocycles. The van der Waals surface area contributed by atoms with E-state index in [1.807, 2.05) is 31.2 Å². The average molecular weight is 244 g/mol. The smallest absolute Gasteiger partial charge is 0.289 e. The number of carbonyl (C=O) groups excluding carboxylic acids is 1. The van der Waals surface area contributed by atoms with Crippen LogP contribution < -0.4 is 5.73 Å². The number of nitrogens with zero attached hydrogens (tertiary/aromatic N) is 1. The Balaban J connectivity index is 2.11. The molecular formula is C14H16N2O2. The molecule has 4 heteroatoms. The van der Waals surface area contributed by atoms with Crippen molar-refractivity contribution in [1.29, 1.82) is 0 Å². The SMILES string of the molecule is Cc1ccoc1C(=O)N(C)Cc1cccc(N)c1. The van der Waals surface area contributed by atoms with Crippen molar-refractivity contribution in [2.24, 2.45) is 0 Å². The minimum absolute atomic E-state index is 0.125. The Morgan fingerprint density at radius 2 is 2.17 bits per heavy atom. The molecule has 18 heavy (non-hydrogen) atoms. The normalized spacial score (nSPS) is 10.3. The molecule has 0 atom stereocenters. The Labute approximate surface area is 106 Å². The van der Waals surface area contributed by atoms with Gasteiger partial charge in [0.05, 0.1) is 6.26 Å². The number of carbonyl (C=O) groups is 1. The highest BCUT2D eigenvalue weighted by molar-refractivity contribution is 5.92. The van der Waals surface area contributed by atoms with Gasteiger partial charge in [-0.05, 0) is 30.7 Å². The Hall–Kier alpha value is -2.23. The van der Waals surface area contributed by atoms with Crippen molar-refractivity contribution in [3.63, 3.8) is 0 Å². The quantitative estimate of drug-likeness (QED) is 0.844. The minimum atomic E-state index is -0.125. The summed E-state index contributed by atoms with van der Waals surface area (Å²) in [6.07, 6.45) is 1.52. The maximum atomic E-state index is 12.1. The van der Waals surface area contributed by atoms with Crippen molar-refractivity contribution in [1.82, 2.24) is 4.90 Å². The van der Waals surface area contributed by atoms with Gasteiger partial charge in [0.1, 0.15) is 0 Å². The third kappa shape index (κ3) is 2.53. The van der Waals surface area contributed by atoms with Crippen molar-refractivity contribution in [2.45, 2.75) is 13.5 Å². The molecule has 1 amide bonds. The van der Waals surface area contributed by atoms with Gasteiger partial charge in [-0.2, -0.15) is 0 Å². The summed E-state index contributed by atoms with van der Waals surface area (Å²) < 4.78 is 5.19. The molecular weight excluding hydrogens is 228 g/mol. The van der Waals surface area contributed by atoms with Gasteiger partial charge in [0.25, 0.3) is 5.91 Å². The molecule has 1 heterocycles. The minimum Gasteiger partial charge on any atom is -0.459 e. The summed E-state index contributed by atoms with van der Waals surface area (Å²) in [7, 11) is 1.74. The van der Waals surface area contributed by atoms with Crippen LogP contribution in [0.2, 0.25) is 0 Å². The number of anilines is 1. The van der Waals surface area contributed by atoms with Crippen molar-refractivity contribution < 1.29 is 9.21 Å². The van der Waals surface area contributed by atoms with Gasteiger partial charge in [0.2, 0.25) is 0 Å². The number of amides is 1. The fourth-order valence-corrected chi connectivity index (χ4v) is 1.80. The van der Waals surface area contributed by atoms with E-state index >= 15 is 0 Å². The lowest BCUT2D eigenvalue weighted by Gasteiger charge is -2.16. The maximum absolute atomic E-state index is 12.1. The van der Waals surface area contributed by atoms with Crippen LogP contribution in [-0.2, 0) is 6.54 Å². The summed E-state index contributed by atoms with van der Waals surface area (Å²) in [5, 5.41) is 0. The largest absolute Gasteiger partial charge is 0.459 e. The molecule has 0 spiro atoms. The first-order valence-corrected chi connectivity index (χ1v) is 5.72. The Morgan fingerprint density at radius 3 is 2.78 bits per heavy atom. The third-order valence-electron chi connectivity index (χ3n) is 2.77. The number of hydrogen-bond acceptors (Lipinski definition) is 3. The van der Waals surface area contributed by atoms with Crippen LogP contribution in [0.25, 0.3) is 0 Å². The zero-order valence-corrected chi connectivity index (χ0v) is 10.5. The summed E-state index contributed by atoms with van der Waals surface area (Å²) in [6.45, 7) is 2.36. The first-order valence-electron chi connectivity index (χ1n) is 5.72. The molecule has 0 fully saturated rings. The summed E-state index contributed by atoms with van der Waals surface area (Å²) in [4.78, 5) is 13.7. The van der Waals surface area contributed by atoms with Crippen LogP contribution in [0.3, 0.4) is 0 Å². The van der Waals surface area contributed by atoms with E-state index in [9.17, 15) is 4.79 Å². The van der Waals surface area contributed by atoms with Crippen LogP contribution in [0.4, 0.5) is 5.69 Å². The molecule has 4 nitrogen and oxygen atoms in total. The molecule has 0 unspecified atom stereocenters. The van der Waals surface area contributed by atoms with Crippen LogP contribution in [0.5, 0.6) is 0 Å². The van der Waals surface area contributed by atoms with Crippen LogP contribution in [-0.4, -0.2) is 17.9 Å². The van der Waals surface area contributed by atoms with E-state index in [1.165, 1.54) is 6.26 Å². The van der Waals surface area contributed by atoms with E-state index in [1.54, 1.807) is 18.0 Å². The second kappa shape index (κ2) is 4.96. The van der Waals surface area contributed by atoms with E-state index in [0.29, 0.717) is 18.0 Å². The number of furan rings is 1. The van der Waals surface area contributed by atoms with E-state index in [0.717, 1.165) is 11.1 Å². The average Bonchev–Trinajstić information content (AvgIpc) is 2.74.